The van der Waals surface area contributed by atoms with E-state index in [1.54, 1.807) is 6.20 Å². The summed E-state index contributed by atoms with van der Waals surface area (Å²) >= 11 is 0. The van der Waals surface area contributed by atoms with Gasteiger partial charge in [-0.25, -0.2) is 9.97 Å². The van der Waals surface area contributed by atoms with Crippen LogP contribution in [0.3, 0.4) is 0 Å². The number of carbonyl (C=O) groups is 1. The van der Waals surface area contributed by atoms with Crippen molar-refractivity contribution in [3.8, 4) is 0 Å². The summed E-state index contributed by atoms with van der Waals surface area (Å²) in [5, 5.41) is 6.81. The van der Waals surface area contributed by atoms with Crippen molar-refractivity contribution < 1.29 is 4.79 Å². The second-order valence-electron chi connectivity index (χ2n) is 5.08. The Hall–Kier alpha value is -2.18. The van der Waals surface area contributed by atoms with Crippen molar-refractivity contribution in [2.45, 2.75) is 38.8 Å². The van der Waals surface area contributed by atoms with Gasteiger partial charge in [-0.3, -0.25) is 9.89 Å². The molecule has 0 bridgehead atoms. The number of amides is 1. The van der Waals surface area contributed by atoms with E-state index >= 15 is 0 Å². The predicted octanol–water partition coefficient (Wildman–Crippen LogP) is 0.905. The van der Waals surface area contributed by atoms with Crippen LogP contribution in [0.4, 0.5) is 0 Å². The van der Waals surface area contributed by atoms with Gasteiger partial charge in [-0.05, 0) is 12.8 Å². The van der Waals surface area contributed by atoms with Crippen molar-refractivity contribution in [1.29, 1.82) is 0 Å². The van der Waals surface area contributed by atoms with E-state index in [1.165, 1.54) is 0 Å². The van der Waals surface area contributed by atoms with Crippen molar-refractivity contribution in [3.05, 3.63) is 29.9 Å². The van der Waals surface area contributed by atoms with Crippen LogP contribution in [0.5, 0.6) is 0 Å². The zero-order valence-corrected chi connectivity index (χ0v) is 11.7. The van der Waals surface area contributed by atoms with E-state index in [0.717, 1.165) is 30.9 Å². The number of hydrogen-bond donors (Lipinski definition) is 1. The molecule has 1 aliphatic carbocycles. The maximum Gasteiger partial charge on any atom is 0.294 e. The smallest absolute Gasteiger partial charge is 0.294 e. The van der Waals surface area contributed by atoms with Gasteiger partial charge in [0.15, 0.2) is 0 Å². The van der Waals surface area contributed by atoms with E-state index < -0.39 is 0 Å². The predicted molar refractivity (Wildman–Crippen MR) is 71.9 cm³/mol. The van der Waals surface area contributed by atoms with Crippen LogP contribution in [-0.4, -0.2) is 41.6 Å². The van der Waals surface area contributed by atoms with Gasteiger partial charge in [-0.2, -0.15) is 0 Å². The second kappa shape index (κ2) is 5.07. The van der Waals surface area contributed by atoms with Crippen LogP contribution in [-0.2, 0) is 20.0 Å². The first-order valence-corrected chi connectivity index (χ1v) is 6.87. The molecule has 1 aliphatic rings. The number of aromatic nitrogens is 5. The van der Waals surface area contributed by atoms with Crippen molar-refractivity contribution in [1.82, 2.24) is 29.6 Å². The summed E-state index contributed by atoms with van der Waals surface area (Å²) in [6, 6.07) is 0.294. The van der Waals surface area contributed by atoms with E-state index in [1.807, 2.05) is 29.6 Å². The molecule has 0 aliphatic heterocycles. The summed E-state index contributed by atoms with van der Waals surface area (Å²) in [6.07, 6.45) is 6.45. The maximum absolute atomic E-state index is 12.5. The van der Waals surface area contributed by atoms with Gasteiger partial charge in [0.1, 0.15) is 11.6 Å². The maximum atomic E-state index is 12.5. The molecule has 2 heterocycles. The van der Waals surface area contributed by atoms with Crippen molar-refractivity contribution in [3.63, 3.8) is 0 Å². The molecule has 7 nitrogen and oxygen atoms in total. The summed E-state index contributed by atoms with van der Waals surface area (Å²) in [6.45, 7) is 2.48. The zero-order chi connectivity index (χ0) is 14.1. The molecule has 20 heavy (non-hydrogen) atoms. The zero-order valence-electron chi connectivity index (χ0n) is 11.7. The Morgan fingerprint density at radius 2 is 2.35 bits per heavy atom. The van der Waals surface area contributed by atoms with Crippen LogP contribution in [0, 0.1) is 0 Å². The van der Waals surface area contributed by atoms with Gasteiger partial charge < -0.3 is 9.47 Å². The molecule has 2 aromatic heterocycles. The Kier molecular flexibility index (Phi) is 3.25. The van der Waals surface area contributed by atoms with E-state index in [4.69, 9.17) is 0 Å². The second-order valence-corrected chi connectivity index (χ2v) is 5.08. The van der Waals surface area contributed by atoms with Gasteiger partial charge in [-0.1, -0.05) is 6.92 Å². The van der Waals surface area contributed by atoms with Crippen LogP contribution in [0.2, 0.25) is 0 Å². The van der Waals surface area contributed by atoms with E-state index in [9.17, 15) is 4.79 Å². The van der Waals surface area contributed by atoms with Crippen LogP contribution in [0.15, 0.2) is 12.4 Å². The molecule has 3 rings (SSSR count). The first-order valence-electron chi connectivity index (χ1n) is 6.87. The minimum absolute atomic E-state index is 0.119. The Bertz CT molecular complexity index is 612. The number of imidazole rings is 1. The lowest BCUT2D eigenvalue weighted by atomic mass is 10.4. The molecular weight excluding hydrogens is 256 g/mol. The summed E-state index contributed by atoms with van der Waals surface area (Å²) in [7, 11) is 1.93. The molecule has 1 amide bonds. The minimum atomic E-state index is -0.119. The quantitative estimate of drug-likeness (QED) is 0.878. The van der Waals surface area contributed by atoms with Gasteiger partial charge in [0.2, 0.25) is 5.82 Å². The third kappa shape index (κ3) is 2.43. The minimum Gasteiger partial charge on any atom is -0.337 e. The summed E-state index contributed by atoms with van der Waals surface area (Å²) in [4.78, 5) is 22.9. The molecule has 0 aromatic carbocycles. The Morgan fingerprint density at radius 3 is 2.90 bits per heavy atom. The highest BCUT2D eigenvalue weighted by atomic mass is 16.2. The molecular formula is C13H18N6O. The lowest BCUT2D eigenvalue weighted by Crippen LogP contribution is -2.34. The molecule has 0 spiro atoms. The average molecular weight is 274 g/mol. The van der Waals surface area contributed by atoms with E-state index in [2.05, 4.69) is 20.2 Å². The fraction of sp³-hybridized carbons (Fsp3) is 0.538. The topological polar surface area (TPSA) is 79.7 Å². The standard InChI is InChI=1S/C13H18N6O/c1-3-10-15-12(17-16-10)13(20)19(9-4-5-9)8-11-14-6-7-18(11)2/h6-7,9H,3-5,8H2,1-2H3,(H,15,16,17). The van der Waals surface area contributed by atoms with E-state index in [0.29, 0.717) is 12.6 Å². The number of nitrogens with one attached hydrogen (secondary N) is 1. The Labute approximate surface area is 117 Å². The van der Waals surface area contributed by atoms with Crippen molar-refractivity contribution in [2.24, 2.45) is 7.05 Å². The monoisotopic (exact) mass is 274 g/mol. The fourth-order valence-corrected chi connectivity index (χ4v) is 2.13. The molecule has 7 heteroatoms. The molecule has 0 radical (unpaired) electrons. The third-order valence-corrected chi connectivity index (χ3v) is 3.54. The number of H-pyrrole nitrogens is 1. The average Bonchev–Trinajstić information content (AvgIpc) is 3.03. The highest BCUT2D eigenvalue weighted by molar-refractivity contribution is 5.90. The van der Waals surface area contributed by atoms with Crippen LogP contribution >= 0.6 is 0 Å². The van der Waals surface area contributed by atoms with Crippen LogP contribution in [0.1, 0.15) is 42.0 Å². The van der Waals surface area contributed by atoms with Gasteiger partial charge >= 0.3 is 0 Å². The molecule has 0 atom stereocenters. The first-order chi connectivity index (χ1) is 9.69. The largest absolute Gasteiger partial charge is 0.337 e. The third-order valence-electron chi connectivity index (χ3n) is 3.54. The number of hydrogen-bond acceptors (Lipinski definition) is 4. The van der Waals surface area contributed by atoms with Crippen LogP contribution in [0.25, 0.3) is 0 Å². The van der Waals surface area contributed by atoms with Crippen LogP contribution < -0.4 is 0 Å². The highest BCUT2D eigenvalue weighted by Gasteiger charge is 2.35. The molecule has 0 saturated heterocycles. The molecule has 1 saturated carbocycles. The molecule has 0 unspecified atom stereocenters. The summed E-state index contributed by atoms with van der Waals surface area (Å²) in [5.41, 5.74) is 0. The molecule has 106 valence electrons. The van der Waals surface area contributed by atoms with Crippen molar-refractivity contribution in [2.75, 3.05) is 0 Å². The Balaban J connectivity index is 1.80. The number of nitrogens with zero attached hydrogens (tertiary/aromatic N) is 5. The molecule has 2 aromatic rings. The Morgan fingerprint density at radius 1 is 1.55 bits per heavy atom. The lowest BCUT2D eigenvalue weighted by molar-refractivity contribution is 0.0712. The molecule has 1 fully saturated rings. The number of carbonyl (C=O) groups excluding carboxylic acids is 1. The lowest BCUT2D eigenvalue weighted by Gasteiger charge is -2.20. The van der Waals surface area contributed by atoms with Gasteiger partial charge in [0.05, 0.1) is 6.54 Å². The number of aromatic amines is 1. The van der Waals surface area contributed by atoms with Gasteiger partial charge in [0.25, 0.3) is 5.91 Å². The summed E-state index contributed by atoms with van der Waals surface area (Å²) < 4.78 is 1.93. The van der Waals surface area contributed by atoms with Gasteiger partial charge in [-0.15, -0.1) is 5.10 Å². The molecule has 1 N–H and O–H groups in total. The SMILES string of the molecule is CCc1nc(C(=O)N(Cc2nccn2C)C2CC2)n[nH]1. The summed E-state index contributed by atoms with van der Waals surface area (Å²) in [5.74, 6) is 1.74. The normalized spacial score (nSPS) is 14.5. The van der Waals surface area contributed by atoms with Crippen molar-refractivity contribution >= 4 is 5.91 Å². The fourth-order valence-electron chi connectivity index (χ4n) is 2.13. The highest BCUT2D eigenvalue weighted by Crippen LogP contribution is 2.29. The van der Waals surface area contributed by atoms with Gasteiger partial charge in [0, 0.05) is 31.9 Å². The number of aryl methyl sites for hydroxylation is 2. The van der Waals surface area contributed by atoms with E-state index in [-0.39, 0.29) is 11.7 Å². The number of rotatable bonds is 5. The first kappa shape index (κ1) is 12.8.